The Kier molecular flexibility index (Phi) is 4.89. The number of nitrogens with zero attached hydrogens (tertiary/aromatic N) is 1. The number of hydrogen-bond donors (Lipinski definition) is 4. The molecule has 0 aromatic rings. The van der Waals surface area contributed by atoms with Crippen LogP contribution in [0.2, 0.25) is 0 Å². The van der Waals surface area contributed by atoms with E-state index in [9.17, 15) is 9.59 Å². The van der Waals surface area contributed by atoms with Gasteiger partial charge in [-0.25, -0.2) is 0 Å². The molecule has 2 atom stereocenters. The van der Waals surface area contributed by atoms with Gasteiger partial charge < -0.3 is 16.2 Å². The van der Waals surface area contributed by atoms with E-state index < -0.39 is 12.0 Å². The first-order valence-electron chi connectivity index (χ1n) is 5.61. The fourth-order valence-electron chi connectivity index (χ4n) is 1.41. The van der Waals surface area contributed by atoms with Crippen molar-refractivity contribution in [2.24, 2.45) is 10.7 Å². The zero-order valence-corrected chi connectivity index (χ0v) is 9.77. The standard InChI is InChI=1S/C10H18N4O3/c1-6-8(15)14-10(13-6)12-5-3-2-4-7(11)9(16)17/h6-7H,2-5,11H2,1H3,(H,16,17)(H2,12,13,14,15)/t6?,7-/m0/s1. The fraction of sp³-hybridized carbons (Fsp3) is 0.700. The molecule has 1 saturated heterocycles. The predicted molar refractivity (Wildman–Crippen MR) is 62.5 cm³/mol. The van der Waals surface area contributed by atoms with Crippen molar-refractivity contribution >= 4 is 17.8 Å². The number of aliphatic carboxylic acids is 1. The van der Waals surface area contributed by atoms with Gasteiger partial charge >= 0.3 is 5.97 Å². The zero-order chi connectivity index (χ0) is 12.8. The van der Waals surface area contributed by atoms with Crippen LogP contribution in [0.25, 0.3) is 0 Å². The smallest absolute Gasteiger partial charge is 0.320 e. The van der Waals surface area contributed by atoms with Crippen LogP contribution in [0.15, 0.2) is 4.99 Å². The highest BCUT2D eigenvalue weighted by Crippen LogP contribution is 2.00. The Balaban J connectivity index is 2.14. The molecule has 1 fully saturated rings. The van der Waals surface area contributed by atoms with Crippen molar-refractivity contribution < 1.29 is 14.7 Å². The van der Waals surface area contributed by atoms with E-state index >= 15 is 0 Å². The lowest BCUT2D eigenvalue weighted by molar-refractivity contribution is -0.138. The molecule has 0 aliphatic carbocycles. The molecule has 1 amide bonds. The van der Waals surface area contributed by atoms with Crippen molar-refractivity contribution in [1.82, 2.24) is 10.6 Å². The highest BCUT2D eigenvalue weighted by Gasteiger charge is 2.22. The first-order chi connectivity index (χ1) is 8.00. The van der Waals surface area contributed by atoms with Gasteiger partial charge in [-0.1, -0.05) is 0 Å². The molecule has 5 N–H and O–H groups in total. The number of nitrogens with two attached hydrogens (primary N) is 1. The zero-order valence-electron chi connectivity index (χ0n) is 9.77. The summed E-state index contributed by atoms with van der Waals surface area (Å²) in [6.45, 7) is 2.30. The molecule has 7 nitrogen and oxygen atoms in total. The predicted octanol–water partition coefficient (Wildman–Crippen LogP) is -0.967. The van der Waals surface area contributed by atoms with Crippen LogP contribution in [0.1, 0.15) is 26.2 Å². The molecule has 1 aliphatic rings. The Labute approximate surface area is 99.5 Å². The molecule has 1 unspecified atom stereocenters. The van der Waals surface area contributed by atoms with Gasteiger partial charge in [0.05, 0.1) is 0 Å². The van der Waals surface area contributed by atoms with Crippen LogP contribution in [0, 0.1) is 0 Å². The van der Waals surface area contributed by atoms with Crippen molar-refractivity contribution in [3.05, 3.63) is 0 Å². The molecule has 1 rings (SSSR count). The van der Waals surface area contributed by atoms with E-state index in [0.29, 0.717) is 25.3 Å². The summed E-state index contributed by atoms with van der Waals surface area (Å²) < 4.78 is 0. The Morgan fingerprint density at radius 2 is 2.29 bits per heavy atom. The summed E-state index contributed by atoms with van der Waals surface area (Å²) in [6.07, 6.45) is 1.89. The van der Waals surface area contributed by atoms with Gasteiger partial charge in [0.15, 0.2) is 5.96 Å². The summed E-state index contributed by atoms with van der Waals surface area (Å²) in [4.78, 5) is 25.7. The average Bonchev–Trinajstić information content (AvgIpc) is 2.57. The fourth-order valence-corrected chi connectivity index (χ4v) is 1.41. The quantitative estimate of drug-likeness (QED) is 0.447. The molecular formula is C10H18N4O3. The highest BCUT2D eigenvalue weighted by molar-refractivity contribution is 6.06. The summed E-state index contributed by atoms with van der Waals surface area (Å²) in [7, 11) is 0. The third-order valence-electron chi connectivity index (χ3n) is 2.50. The van der Waals surface area contributed by atoms with Gasteiger partial charge in [-0.15, -0.1) is 0 Å². The van der Waals surface area contributed by atoms with E-state index in [-0.39, 0.29) is 11.9 Å². The number of aliphatic imine (C=N–C) groups is 1. The maximum absolute atomic E-state index is 11.1. The number of carboxylic acid groups (broad SMARTS) is 1. The van der Waals surface area contributed by atoms with Crippen LogP contribution in [0.3, 0.4) is 0 Å². The van der Waals surface area contributed by atoms with Crippen molar-refractivity contribution in [1.29, 1.82) is 0 Å². The van der Waals surface area contributed by atoms with Crippen molar-refractivity contribution in [2.75, 3.05) is 6.54 Å². The molecular weight excluding hydrogens is 224 g/mol. The monoisotopic (exact) mass is 242 g/mol. The van der Waals surface area contributed by atoms with Gasteiger partial charge in [0.1, 0.15) is 12.1 Å². The Morgan fingerprint density at radius 1 is 1.59 bits per heavy atom. The SMILES string of the molecule is CC1NC(=NCCCC[C@H](N)C(=O)O)NC1=O. The maximum atomic E-state index is 11.1. The number of carboxylic acids is 1. The van der Waals surface area contributed by atoms with Gasteiger partial charge in [0.2, 0.25) is 5.91 Å². The number of carbonyl (C=O) groups is 2. The minimum absolute atomic E-state index is 0.0864. The first kappa shape index (κ1) is 13.4. The second-order valence-electron chi connectivity index (χ2n) is 4.03. The van der Waals surface area contributed by atoms with E-state index in [0.717, 1.165) is 6.42 Å². The Bertz CT molecular complexity index is 330. The Morgan fingerprint density at radius 3 is 2.82 bits per heavy atom. The summed E-state index contributed by atoms with van der Waals surface area (Å²) in [5.41, 5.74) is 5.35. The molecule has 0 spiro atoms. The Hall–Kier alpha value is -1.63. The molecule has 0 saturated carbocycles. The average molecular weight is 242 g/mol. The molecule has 0 aromatic carbocycles. The van der Waals surface area contributed by atoms with Crippen molar-refractivity contribution in [2.45, 2.75) is 38.3 Å². The molecule has 0 aromatic heterocycles. The minimum atomic E-state index is -0.977. The normalized spacial score (nSPS) is 23.3. The third-order valence-corrected chi connectivity index (χ3v) is 2.50. The van der Waals surface area contributed by atoms with E-state index in [4.69, 9.17) is 10.8 Å². The number of nitrogens with one attached hydrogen (secondary N) is 2. The number of rotatable bonds is 6. The van der Waals surface area contributed by atoms with Gasteiger partial charge in [-0.05, 0) is 26.2 Å². The number of carbonyl (C=O) groups excluding carboxylic acids is 1. The van der Waals surface area contributed by atoms with Gasteiger partial charge in [0, 0.05) is 6.54 Å². The van der Waals surface area contributed by atoms with Gasteiger partial charge in [-0.2, -0.15) is 0 Å². The van der Waals surface area contributed by atoms with Gasteiger partial charge in [-0.3, -0.25) is 19.9 Å². The van der Waals surface area contributed by atoms with E-state index in [1.54, 1.807) is 6.92 Å². The molecule has 7 heteroatoms. The van der Waals surface area contributed by atoms with Crippen LogP contribution in [-0.4, -0.2) is 41.6 Å². The van der Waals surface area contributed by atoms with E-state index in [1.807, 2.05) is 0 Å². The number of hydrogen-bond acceptors (Lipinski definition) is 4. The maximum Gasteiger partial charge on any atom is 0.320 e. The number of unbranched alkanes of at least 4 members (excludes halogenated alkanes) is 1. The lowest BCUT2D eigenvalue weighted by Crippen LogP contribution is -2.29. The molecule has 1 heterocycles. The van der Waals surface area contributed by atoms with Crippen LogP contribution >= 0.6 is 0 Å². The van der Waals surface area contributed by atoms with Crippen molar-refractivity contribution in [3.8, 4) is 0 Å². The summed E-state index contributed by atoms with van der Waals surface area (Å²) >= 11 is 0. The van der Waals surface area contributed by atoms with Crippen LogP contribution in [0.4, 0.5) is 0 Å². The summed E-state index contributed by atoms with van der Waals surface area (Å²) in [6, 6.07) is -1.04. The molecule has 1 aliphatic heterocycles. The molecule has 0 bridgehead atoms. The van der Waals surface area contributed by atoms with Gasteiger partial charge in [0.25, 0.3) is 0 Å². The molecule has 0 radical (unpaired) electrons. The first-order valence-corrected chi connectivity index (χ1v) is 5.61. The highest BCUT2D eigenvalue weighted by atomic mass is 16.4. The largest absolute Gasteiger partial charge is 0.480 e. The summed E-state index contributed by atoms with van der Waals surface area (Å²) in [5, 5.41) is 14.1. The van der Waals surface area contributed by atoms with E-state index in [2.05, 4.69) is 15.6 Å². The van der Waals surface area contributed by atoms with Crippen LogP contribution < -0.4 is 16.4 Å². The van der Waals surface area contributed by atoms with E-state index in [1.165, 1.54) is 0 Å². The summed E-state index contributed by atoms with van der Waals surface area (Å²) in [5.74, 6) is -0.573. The lowest BCUT2D eigenvalue weighted by atomic mass is 10.1. The topological polar surface area (TPSA) is 117 Å². The molecule has 17 heavy (non-hydrogen) atoms. The molecule has 96 valence electrons. The second-order valence-corrected chi connectivity index (χ2v) is 4.03. The van der Waals surface area contributed by atoms with Crippen molar-refractivity contribution in [3.63, 3.8) is 0 Å². The minimum Gasteiger partial charge on any atom is -0.480 e. The number of amides is 1. The van der Waals surface area contributed by atoms with Crippen LogP contribution in [-0.2, 0) is 9.59 Å². The van der Waals surface area contributed by atoms with Crippen LogP contribution in [0.5, 0.6) is 0 Å². The second kappa shape index (κ2) is 6.19. The third kappa shape index (κ3) is 4.39. The number of guanidine groups is 1. The lowest BCUT2D eigenvalue weighted by Gasteiger charge is -2.04.